The smallest absolute Gasteiger partial charge is 0.408 e. The molecule has 48 heavy (non-hydrogen) atoms. The van der Waals surface area contributed by atoms with Crippen LogP contribution in [0.5, 0.6) is 5.75 Å². The Morgan fingerprint density at radius 2 is 1.38 bits per heavy atom. The summed E-state index contributed by atoms with van der Waals surface area (Å²) >= 11 is 4.36. The predicted octanol–water partition coefficient (Wildman–Crippen LogP) is 6.51. The van der Waals surface area contributed by atoms with Crippen molar-refractivity contribution in [3.8, 4) is 5.75 Å². The number of aromatic hydroxyl groups is 1. The normalized spacial score (nSPS) is 13.5. The molecular weight excluding hydrogens is 630 g/mol. The van der Waals surface area contributed by atoms with E-state index in [1.54, 1.807) is 59.7 Å². The summed E-state index contributed by atoms with van der Waals surface area (Å²) in [6, 6.07) is 11.9. The molecule has 11 heteroatoms. The van der Waals surface area contributed by atoms with Gasteiger partial charge < -0.3 is 30.1 Å². The standard InChI is InChI=1S/C37H55N3O7S/c1-8-9-10-11-12-18-23-40(33(43)29(25-48)39-35(45)47-37(5,6)7)31(27-21-16-17-22-30(27)41)32(42)38-28(34(44)46-36(2,3)4)24-26-19-14-13-15-20-26/h13-17,19-22,28-29,31,41,48H,8-12,18,23-25H2,1-7H3,(H,38,42)(H,39,45). The van der Waals surface area contributed by atoms with Crippen LogP contribution in [0.25, 0.3) is 0 Å². The van der Waals surface area contributed by atoms with E-state index in [-0.39, 0.29) is 30.0 Å². The molecule has 0 radical (unpaired) electrons. The van der Waals surface area contributed by atoms with Gasteiger partial charge in [-0.2, -0.15) is 12.6 Å². The third kappa shape index (κ3) is 14.2. The molecule has 3 unspecified atom stereocenters. The molecule has 0 aromatic heterocycles. The molecule has 3 amide bonds. The lowest BCUT2D eigenvalue weighted by atomic mass is 9.99. The first-order chi connectivity index (χ1) is 22.6. The van der Waals surface area contributed by atoms with Crippen molar-refractivity contribution in [2.75, 3.05) is 12.3 Å². The second-order valence-electron chi connectivity index (χ2n) is 13.9. The average molecular weight is 686 g/mol. The Hall–Kier alpha value is -3.73. The molecule has 0 saturated carbocycles. The summed E-state index contributed by atoms with van der Waals surface area (Å²) in [5.74, 6) is -2.17. The van der Waals surface area contributed by atoms with Gasteiger partial charge in [0.15, 0.2) is 0 Å². The minimum absolute atomic E-state index is 0.0747. The number of nitrogens with one attached hydrogen (secondary N) is 2. The Balaban J connectivity index is 2.57. The fourth-order valence-electron chi connectivity index (χ4n) is 5.10. The van der Waals surface area contributed by atoms with Crippen molar-refractivity contribution in [2.24, 2.45) is 0 Å². The van der Waals surface area contributed by atoms with Crippen LogP contribution in [0.3, 0.4) is 0 Å². The number of benzene rings is 2. The van der Waals surface area contributed by atoms with Gasteiger partial charge in [0.2, 0.25) is 11.8 Å². The van der Waals surface area contributed by atoms with Crippen molar-refractivity contribution < 1.29 is 33.8 Å². The summed E-state index contributed by atoms with van der Waals surface area (Å²) in [4.78, 5) is 56.4. The molecule has 3 atom stereocenters. The Kier molecular flexibility index (Phi) is 16.3. The summed E-state index contributed by atoms with van der Waals surface area (Å²) in [6.45, 7) is 12.6. The fraction of sp³-hybridized carbons (Fsp3) is 0.568. The molecule has 0 saturated heterocycles. The Labute approximate surface area is 291 Å². The number of hydrogen-bond acceptors (Lipinski definition) is 8. The third-order valence-electron chi connectivity index (χ3n) is 7.29. The van der Waals surface area contributed by atoms with Gasteiger partial charge in [-0.1, -0.05) is 87.6 Å². The van der Waals surface area contributed by atoms with E-state index in [4.69, 9.17) is 9.47 Å². The van der Waals surface area contributed by atoms with E-state index >= 15 is 0 Å². The summed E-state index contributed by atoms with van der Waals surface area (Å²) in [5.41, 5.74) is -0.655. The van der Waals surface area contributed by atoms with Crippen molar-refractivity contribution in [2.45, 2.75) is 123 Å². The molecule has 2 rings (SSSR count). The van der Waals surface area contributed by atoms with Gasteiger partial charge in [-0.15, -0.1) is 0 Å². The first-order valence-corrected chi connectivity index (χ1v) is 17.5. The topological polar surface area (TPSA) is 134 Å². The van der Waals surface area contributed by atoms with Crippen LogP contribution < -0.4 is 10.6 Å². The van der Waals surface area contributed by atoms with Crippen molar-refractivity contribution in [1.29, 1.82) is 0 Å². The van der Waals surface area contributed by atoms with E-state index in [0.29, 0.717) is 6.42 Å². The van der Waals surface area contributed by atoms with Gasteiger partial charge in [0, 0.05) is 24.3 Å². The number of phenolic OH excluding ortho intramolecular Hbond substituents is 1. The first-order valence-electron chi connectivity index (χ1n) is 16.8. The number of carbonyl (C=O) groups is 4. The number of amides is 3. The van der Waals surface area contributed by atoms with E-state index in [0.717, 1.165) is 37.7 Å². The number of para-hydroxylation sites is 1. The zero-order valence-electron chi connectivity index (χ0n) is 29.6. The number of ether oxygens (including phenoxy) is 2. The molecule has 0 aliphatic carbocycles. The molecule has 0 bridgehead atoms. The van der Waals surface area contributed by atoms with Crippen LogP contribution in [-0.4, -0.2) is 69.5 Å². The number of nitrogens with zero attached hydrogens (tertiary/aromatic N) is 1. The number of unbranched alkanes of at least 4 members (excludes halogenated alkanes) is 5. The molecular formula is C37H55N3O7S. The lowest BCUT2D eigenvalue weighted by Gasteiger charge is -2.35. The molecule has 0 aliphatic rings. The Bertz CT molecular complexity index is 1320. The van der Waals surface area contributed by atoms with Crippen molar-refractivity contribution in [3.05, 3.63) is 65.7 Å². The number of rotatable bonds is 17. The first kappa shape index (κ1) is 40.4. The van der Waals surface area contributed by atoms with Crippen LogP contribution in [0.1, 0.15) is 104 Å². The van der Waals surface area contributed by atoms with Crippen LogP contribution in [0, 0.1) is 0 Å². The van der Waals surface area contributed by atoms with Crippen LogP contribution in [0.4, 0.5) is 4.79 Å². The molecule has 2 aromatic rings. The van der Waals surface area contributed by atoms with Gasteiger partial charge in [-0.25, -0.2) is 9.59 Å². The molecule has 10 nitrogen and oxygen atoms in total. The summed E-state index contributed by atoms with van der Waals surface area (Å²) in [7, 11) is 0. The number of carbonyl (C=O) groups excluding carboxylic acids is 4. The van der Waals surface area contributed by atoms with E-state index in [9.17, 15) is 24.3 Å². The zero-order valence-corrected chi connectivity index (χ0v) is 30.5. The summed E-state index contributed by atoms with van der Waals surface area (Å²) in [6.07, 6.45) is 4.89. The molecule has 0 heterocycles. The van der Waals surface area contributed by atoms with Gasteiger partial charge >= 0.3 is 12.1 Å². The second-order valence-corrected chi connectivity index (χ2v) is 14.3. The van der Waals surface area contributed by atoms with Crippen LogP contribution in [-0.2, 0) is 30.3 Å². The SMILES string of the molecule is CCCCCCCCN(C(=O)C(CS)NC(=O)OC(C)(C)C)C(C(=O)NC(Cc1ccccc1)C(=O)OC(C)(C)C)c1ccccc1O. The van der Waals surface area contributed by atoms with Gasteiger partial charge in [-0.05, 0) is 59.6 Å². The summed E-state index contributed by atoms with van der Waals surface area (Å²) < 4.78 is 11.1. The molecule has 266 valence electrons. The maximum Gasteiger partial charge on any atom is 0.408 e. The van der Waals surface area contributed by atoms with E-state index in [1.807, 2.05) is 30.3 Å². The number of thiol groups is 1. The van der Waals surface area contributed by atoms with Gasteiger partial charge in [0.05, 0.1) is 0 Å². The lowest BCUT2D eigenvalue weighted by Crippen LogP contribution is -2.55. The highest BCUT2D eigenvalue weighted by Crippen LogP contribution is 2.31. The Morgan fingerprint density at radius 1 is 0.792 bits per heavy atom. The molecule has 0 aliphatic heterocycles. The number of alkyl carbamates (subject to hydrolysis) is 1. The van der Waals surface area contributed by atoms with Crippen LogP contribution in [0.2, 0.25) is 0 Å². The highest BCUT2D eigenvalue weighted by atomic mass is 32.1. The molecule has 0 spiro atoms. The molecule has 3 N–H and O–H groups in total. The van der Waals surface area contributed by atoms with E-state index in [2.05, 4.69) is 30.2 Å². The highest BCUT2D eigenvalue weighted by Gasteiger charge is 2.39. The molecule has 0 fully saturated rings. The average Bonchev–Trinajstić information content (AvgIpc) is 2.99. The van der Waals surface area contributed by atoms with Crippen molar-refractivity contribution in [3.63, 3.8) is 0 Å². The van der Waals surface area contributed by atoms with Gasteiger partial charge in [0.1, 0.15) is 35.1 Å². The zero-order chi connectivity index (χ0) is 35.9. The number of esters is 1. The predicted molar refractivity (Wildman–Crippen MR) is 191 cm³/mol. The second kappa shape index (κ2) is 19.3. The quantitative estimate of drug-likeness (QED) is 0.0847. The van der Waals surface area contributed by atoms with Crippen molar-refractivity contribution in [1.82, 2.24) is 15.5 Å². The van der Waals surface area contributed by atoms with Gasteiger partial charge in [-0.3, -0.25) is 9.59 Å². The highest BCUT2D eigenvalue weighted by molar-refractivity contribution is 7.80. The summed E-state index contributed by atoms with van der Waals surface area (Å²) in [5, 5.41) is 16.5. The van der Waals surface area contributed by atoms with Crippen LogP contribution in [0.15, 0.2) is 54.6 Å². The number of hydrogen-bond donors (Lipinski definition) is 4. The third-order valence-corrected chi connectivity index (χ3v) is 7.65. The largest absolute Gasteiger partial charge is 0.508 e. The maximum absolute atomic E-state index is 14.5. The molecule has 2 aromatic carbocycles. The minimum Gasteiger partial charge on any atom is -0.508 e. The Morgan fingerprint density at radius 3 is 1.96 bits per heavy atom. The van der Waals surface area contributed by atoms with Crippen LogP contribution >= 0.6 is 12.6 Å². The van der Waals surface area contributed by atoms with Crippen molar-refractivity contribution >= 4 is 36.5 Å². The minimum atomic E-state index is -1.35. The van der Waals surface area contributed by atoms with Gasteiger partial charge in [0.25, 0.3) is 0 Å². The lowest BCUT2D eigenvalue weighted by molar-refractivity contribution is -0.159. The number of phenols is 1. The maximum atomic E-state index is 14.5. The van der Waals surface area contributed by atoms with E-state index in [1.165, 1.54) is 11.0 Å². The monoisotopic (exact) mass is 685 g/mol. The fourth-order valence-corrected chi connectivity index (χ4v) is 5.35. The van der Waals surface area contributed by atoms with E-state index < -0.39 is 53.2 Å².